The fourth-order valence-corrected chi connectivity index (χ4v) is 3.01. The maximum atomic E-state index is 12.8. The van der Waals surface area contributed by atoms with E-state index in [-0.39, 0.29) is 18.8 Å². The van der Waals surface area contributed by atoms with Crippen molar-refractivity contribution in [2.24, 2.45) is 16.8 Å². The van der Waals surface area contributed by atoms with E-state index in [4.69, 9.17) is 32.8 Å². The second-order valence-electron chi connectivity index (χ2n) is 5.97. The molecule has 1 aromatic carbocycles. The van der Waals surface area contributed by atoms with E-state index in [1.807, 2.05) is 0 Å². The van der Waals surface area contributed by atoms with E-state index in [2.05, 4.69) is 5.10 Å². The highest BCUT2D eigenvalue weighted by atomic mass is 35.5. The molecule has 29 heavy (non-hydrogen) atoms. The molecule has 10 nitrogen and oxygen atoms in total. The predicted molar refractivity (Wildman–Crippen MR) is 110 cm³/mol. The SMILES string of the molecule is COCCC(C(=O)O)n1cc(OC)c(-c2cc(Cl)ccc2N(N)/C=N\N)cc1=O. The molecule has 0 saturated carbocycles. The van der Waals surface area contributed by atoms with Gasteiger partial charge in [0.05, 0.1) is 19.0 Å². The normalized spacial score (nSPS) is 12.1. The molecular weight excluding hydrogens is 402 g/mol. The van der Waals surface area contributed by atoms with Gasteiger partial charge < -0.3 is 20.4 Å². The Bertz CT molecular complexity index is 962. The number of aromatic nitrogens is 1. The lowest BCUT2D eigenvalue weighted by Gasteiger charge is -2.21. The summed E-state index contributed by atoms with van der Waals surface area (Å²) in [6, 6.07) is 5.00. The van der Waals surface area contributed by atoms with Crippen molar-refractivity contribution in [1.82, 2.24) is 4.57 Å². The van der Waals surface area contributed by atoms with Crippen LogP contribution in [0.1, 0.15) is 12.5 Å². The number of aliphatic carboxylic acids is 1. The molecule has 2 rings (SSSR count). The Hall–Kier alpha value is -3.08. The van der Waals surface area contributed by atoms with Crippen molar-refractivity contribution in [1.29, 1.82) is 0 Å². The summed E-state index contributed by atoms with van der Waals surface area (Å²) in [7, 11) is 2.86. The standard InChI is InChI=1S/C18H22ClN5O5/c1-28-6-5-15(18(26)27)23-9-16(29-2)13(8-17(23)25)12-7-11(19)3-4-14(12)24(21)10-22-20/h3-4,7-10,15H,5-6,20-21H2,1-2H3,(H,26,27)/b22-10-. The lowest BCUT2D eigenvalue weighted by molar-refractivity contribution is -0.141. The number of pyridine rings is 1. The van der Waals surface area contributed by atoms with Crippen LogP contribution in [-0.4, -0.2) is 42.8 Å². The Balaban J connectivity index is 2.67. The second kappa shape index (κ2) is 9.92. The molecule has 0 fully saturated rings. The number of methoxy groups -OCH3 is 2. The number of carboxylic acid groups (broad SMARTS) is 1. The highest BCUT2D eigenvalue weighted by Gasteiger charge is 2.23. The molecule has 2 aromatic rings. The maximum absolute atomic E-state index is 12.8. The fourth-order valence-electron chi connectivity index (χ4n) is 2.84. The molecule has 0 radical (unpaired) electrons. The summed E-state index contributed by atoms with van der Waals surface area (Å²) in [4.78, 5) is 24.4. The first-order valence-corrected chi connectivity index (χ1v) is 8.81. The van der Waals surface area contributed by atoms with E-state index in [0.29, 0.717) is 21.8 Å². The van der Waals surface area contributed by atoms with Crippen molar-refractivity contribution < 1.29 is 19.4 Å². The number of hydrazine groups is 1. The number of nitrogens with zero attached hydrogens (tertiary/aromatic N) is 3. The molecular formula is C18H22ClN5O5. The van der Waals surface area contributed by atoms with Gasteiger partial charge in [-0.05, 0) is 18.2 Å². The number of ether oxygens (including phenoxy) is 2. The summed E-state index contributed by atoms with van der Waals surface area (Å²) in [6.45, 7) is 0.173. The minimum atomic E-state index is -1.16. The summed E-state index contributed by atoms with van der Waals surface area (Å²) in [5.41, 5.74) is 0.771. The van der Waals surface area contributed by atoms with Crippen molar-refractivity contribution >= 4 is 29.6 Å². The molecule has 0 aliphatic rings. The molecule has 0 aliphatic carbocycles. The summed E-state index contributed by atoms with van der Waals surface area (Å²) in [5.74, 6) is 10.2. The van der Waals surface area contributed by atoms with Crippen molar-refractivity contribution in [2.45, 2.75) is 12.5 Å². The van der Waals surface area contributed by atoms with Crippen molar-refractivity contribution in [3.63, 3.8) is 0 Å². The van der Waals surface area contributed by atoms with Gasteiger partial charge in [0.15, 0.2) is 0 Å². The van der Waals surface area contributed by atoms with Crippen LogP contribution in [0.4, 0.5) is 5.69 Å². The van der Waals surface area contributed by atoms with Gasteiger partial charge in [-0.25, -0.2) is 10.6 Å². The third-order valence-electron chi connectivity index (χ3n) is 4.20. The van der Waals surface area contributed by atoms with Crippen LogP contribution in [0.25, 0.3) is 11.1 Å². The number of anilines is 1. The molecule has 1 unspecified atom stereocenters. The minimum Gasteiger partial charge on any atom is -0.495 e. The van der Waals surface area contributed by atoms with Crippen LogP contribution in [-0.2, 0) is 9.53 Å². The Kier molecular flexibility index (Phi) is 7.59. The Labute approximate surface area is 171 Å². The van der Waals surface area contributed by atoms with Gasteiger partial charge in [-0.3, -0.25) is 14.4 Å². The van der Waals surface area contributed by atoms with Gasteiger partial charge >= 0.3 is 5.97 Å². The zero-order valence-electron chi connectivity index (χ0n) is 15.9. The molecule has 1 heterocycles. The quantitative estimate of drug-likeness (QED) is 0.237. The van der Waals surface area contributed by atoms with Gasteiger partial charge in [0.25, 0.3) is 5.56 Å². The number of hydrogen-bond donors (Lipinski definition) is 3. The maximum Gasteiger partial charge on any atom is 0.326 e. The largest absolute Gasteiger partial charge is 0.495 e. The molecule has 1 aromatic heterocycles. The summed E-state index contributed by atoms with van der Waals surface area (Å²) in [5, 5.41) is 14.5. The van der Waals surface area contributed by atoms with E-state index < -0.39 is 17.6 Å². The Morgan fingerprint density at radius 1 is 1.38 bits per heavy atom. The molecule has 0 saturated heterocycles. The van der Waals surface area contributed by atoms with Crippen LogP contribution >= 0.6 is 11.6 Å². The number of nitrogens with two attached hydrogens (primary N) is 2. The van der Waals surface area contributed by atoms with Crippen LogP contribution in [0.3, 0.4) is 0 Å². The number of rotatable bonds is 9. The Morgan fingerprint density at radius 3 is 2.69 bits per heavy atom. The summed E-state index contributed by atoms with van der Waals surface area (Å²) in [6.07, 6.45) is 2.64. The molecule has 0 bridgehead atoms. The van der Waals surface area contributed by atoms with Gasteiger partial charge in [-0.1, -0.05) is 11.6 Å². The zero-order valence-corrected chi connectivity index (χ0v) is 16.7. The molecule has 5 N–H and O–H groups in total. The van der Waals surface area contributed by atoms with Crippen molar-refractivity contribution in [3.05, 3.63) is 45.8 Å². The average molecular weight is 424 g/mol. The van der Waals surface area contributed by atoms with Gasteiger partial charge in [0, 0.05) is 42.4 Å². The smallest absolute Gasteiger partial charge is 0.326 e. The number of carbonyl (C=O) groups is 1. The Morgan fingerprint density at radius 2 is 2.10 bits per heavy atom. The van der Waals surface area contributed by atoms with E-state index in [1.165, 1.54) is 32.8 Å². The van der Waals surface area contributed by atoms with Crippen LogP contribution in [0.2, 0.25) is 5.02 Å². The zero-order chi connectivity index (χ0) is 21.6. The van der Waals surface area contributed by atoms with Crippen LogP contribution in [0, 0.1) is 0 Å². The monoisotopic (exact) mass is 423 g/mol. The van der Waals surface area contributed by atoms with Gasteiger partial charge in [0.2, 0.25) is 0 Å². The van der Waals surface area contributed by atoms with Gasteiger partial charge in [-0.2, -0.15) is 5.10 Å². The first-order valence-electron chi connectivity index (χ1n) is 8.43. The topological polar surface area (TPSA) is 145 Å². The molecule has 11 heteroatoms. The number of carboxylic acids is 1. The van der Waals surface area contributed by atoms with Crippen LogP contribution < -0.4 is 27.0 Å². The fraction of sp³-hybridized carbons (Fsp3) is 0.278. The van der Waals surface area contributed by atoms with E-state index in [1.54, 1.807) is 18.2 Å². The van der Waals surface area contributed by atoms with Gasteiger partial charge in [0.1, 0.15) is 18.1 Å². The lowest BCUT2D eigenvalue weighted by Crippen LogP contribution is -2.31. The van der Waals surface area contributed by atoms with Crippen LogP contribution in [0.5, 0.6) is 5.75 Å². The van der Waals surface area contributed by atoms with E-state index >= 15 is 0 Å². The van der Waals surface area contributed by atoms with Crippen LogP contribution in [0.15, 0.2) is 40.4 Å². The highest BCUT2D eigenvalue weighted by molar-refractivity contribution is 6.31. The number of hydrogen-bond acceptors (Lipinski definition) is 7. The average Bonchev–Trinajstić information content (AvgIpc) is 2.68. The molecule has 0 amide bonds. The first kappa shape index (κ1) is 22.2. The van der Waals surface area contributed by atoms with E-state index in [0.717, 1.165) is 9.58 Å². The third-order valence-corrected chi connectivity index (χ3v) is 4.43. The summed E-state index contributed by atoms with van der Waals surface area (Å²) >= 11 is 6.13. The molecule has 156 valence electrons. The molecule has 0 aliphatic heterocycles. The number of hydrazone groups is 1. The lowest BCUT2D eigenvalue weighted by atomic mass is 10.0. The minimum absolute atomic E-state index is 0.111. The van der Waals surface area contributed by atoms with Gasteiger partial charge in [-0.15, -0.1) is 0 Å². The summed E-state index contributed by atoms with van der Waals surface area (Å²) < 4.78 is 11.5. The number of benzene rings is 1. The molecule has 0 spiro atoms. The van der Waals surface area contributed by atoms with E-state index in [9.17, 15) is 14.7 Å². The second-order valence-corrected chi connectivity index (χ2v) is 6.41. The predicted octanol–water partition coefficient (Wildman–Crippen LogP) is 1.42. The first-order chi connectivity index (χ1) is 13.8. The molecule has 1 atom stereocenters. The third kappa shape index (κ3) is 5.05. The van der Waals surface area contributed by atoms with Crippen molar-refractivity contribution in [2.75, 3.05) is 25.8 Å². The van der Waals surface area contributed by atoms with Crippen molar-refractivity contribution in [3.8, 4) is 16.9 Å². The highest BCUT2D eigenvalue weighted by Crippen LogP contribution is 2.37. The number of halogens is 1.